The molecular formula is C26H25NO6. The molecule has 0 spiro atoms. The van der Waals surface area contributed by atoms with Crippen molar-refractivity contribution < 1.29 is 29.7 Å². The van der Waals surface area contributed by atoms with Crippen molar-refractivity contribution >= 4 is 17.8 Å². The summed E-state index contributed by atoms with van der Waals surface area (Å²) in [6, 6.07) is 20.8. The third-order valence-corrected chi connectivity index (χ3v) is 5.43. The highest BCUT2D eigenvalue weighted by Crippen LogP contribution is 2.22. The molecule has 7 heteroatoms. The van der Waals surface area contributed by atoms with E-state index in [0.717, 1.165) is 28.8 Å². The zero-order chi connectivity index (χ0) is 24.0. The van der Waals surface area contributed by atoms with Gasteiger partial charge in [-0.05, 0) is 47.7 Å². The van der Waals surface area contributed by atoms with E-state index in [4.69, 9.17) is 0 Å². The molecule has 0 unspecified atom stereocenters. The van der Waals surface area contributed by atoms with Gasteiger partial charge in [-0.3, -0.25) is 9.59 Å². The van der Waals surface area contributed by atoms with Crippen molar-refractivity contribution in [3.63, 3.8) is 0 Å². The minimum absolute atomic E-state index is 0.0672. The molecular weight excluding hydrogens is 422 g/mol. The number of carbonyl (C=O) groups is 3. The van der Waals surface area contributed by atoms with Crippen LogP contribution in [-0.4, -0.2) is 39.2 Å². The third kappa shape index (κ3) is 6.20. The second-order valence-corrected chi connectivity index (χ2v) is 7.95. The molecule has 0 aromatic heterocycles. The molecule has 1 amide bonds. The van der Waals surface area contributed by atoms with Crippen molar-refractivity contribution in [2.24, 2.45) is 5.92 Å². The lowest BCUT2D eigenvalue weighted by atomic mass is 9.94. The van der Waals surface area contributed by atoms with Gasteiger partial charge in [0.05, 0.1) is 5.92 Å². The normalized spacial score (nSPS) is 12.5. The van der Waals surface area contributed by atoms with E-state index in [1.54, 1.807) is 6.92 Å². The van der Waals surface area contributed by atoms with Gasteiger partial charge in [0.2, 0.25) is 0 Å². The van der Waals surface area contributed by atoms with E-state index in [-0.39, 0.29) is 17.5 Å². The number of hydrogen-bond donors (Lipinski definition) is 4. The summed E-state index contributed by atoms with van der Waals surface area (Å²) in [6.45, 7) is 1.57. The lowest BCUT2D eigenvalue weighted by Gasteiger charge is -2.21. The predicted molar refractivity (Wildman–Crippen MR) is 123 cm³/mol. The van der Waals surface area contributed by atoms with Gasteiger partial charge in [-0.2, -0.15) is 0 Å². The Morgan fingerprint density at radius 1 is 0.879 bits per heavy atom. The SMILES string of the molecule is C[C@H](C[C@@H](Cc1ccc(-c2ccccc2)cc1)NC(=O)c1ccc(O)c(C(=O)O)c1)C(=O)O. The van der Waals surface area contributed by atoms with Crippen LogP contribution in [0.5, 0.6) is 5.75 Å². The fraction of sp³-hybridized carbons (Fsp3) is 0.192. The first kappa shape index (κ1) is 23.5. The van der Waals surface area contributed by atoms with Crippen molar-refractivity contribution in [2.75, 3.05) is 0 Å². The largest absolute Gasteiger partial charge is 0.507 e. The Bertz CT molecular complexity index is 1140. The van der Waals surface area contributed by atoms with Gasteiger partial charge in [-0.15, -0.1) is 0 Å². The maximum Gasteiger partial charge on any atom is 0.339 e. The Labute approximate surface area is 191 Å². The van der Waals surface area contributed by atoms with Crippen LogP contribution in [0, 0.1) is 5.92 Å². The lowest BCUT2D eigenvalue weighted by molar-refractivity contribution is -0.141. The van der Waals surface area contributed by atoms with Gasteiger partial charge in [0.1, 0.15) is 11.3 Å². The number of carboxylic acid groups (broad SMARTS) is 2. The predicted octanol–water partition coefficient (Wildman–Crippen LogP) is 4.21. The Morgan fingerprint density at radius 2 is 1.52 bits per heavy atom. The molecule has 3 aromatic carbocycles. The zero-order valence-corrected chi connectivity index (χ0v) is 18.1. The average molecular weight is 447 g/mol. The van der Waals surface area contributed by atoms with Crippen LogP contribution in [0.15, 0.2) is 72.8 Å². The van der Waals surface area contributed by atoms with Gasteiger partial charge in [-0.25, -0.2) is 4.79 Å². The fourth-order valence-corrected chi connectivity index (χ4v) is 3.59. The number of hydrogen-bond acceptors (Lipinski definition) is 4. The van der Waals surface area contributed by atoms with E-state index < -0.39 is 35.6 Å². The van der Waals surface area contributed by atoms with Crippen molar-refractivity contribution in [3.05, 3.63) is 89.5 Å². The summed E-state index contributed by atoms with van der Waals surface area (Å²) in [5.41, 5.74) is 2.74. The van der Waals surface area contributed by atoms with Crippen LogP contribution in [0.25, 0.3) is 11.1 Å². The number of rotatable bonds is 9. The van der Waals surface area contributed by atoms with Gasteiger partial charge in [0.25, 0.3) is 5.91 Å². The highest BCUT2D eigenvalue weighted by molar-refractivity contribution is 5.99. The molecule has 33 heavy (non-hydrogen) atoms. The highest BCUT2D eigenvalue weighted by Gasteiger charge is 2.22. The molecule has 0 aliphatic carbocycles. The number of benzene rings is 3. The summed E-state index contributed by atoms with van der Waals surface area (Å²) < 4.78 is 0. The van der Waals surface area contributed by atoms with E-state index in [1.807, 2.05) is 54.6 Å². The number of amides is 1. The van der Waals surface area contributed by atoms with Gasteiger partial charge in [-0.1, -0.05) is 61.5 Å². The fourth-order valence-electron chi connectivity index (χ4n) is 3.59. The van der Waals surface area contributed by atoms with Crippen LogP contribution in [0.1, 0.15) is 39.6 Å². The quantitative estimate of drug-likeness (QED) is 0.390. The van der Waals surface area contributed by atoms with Crippen LogP contribution in [-0.2, 0) is 11.2 Å². The summed E-state index contributed by atoms with van der Waals surface area (Å²) in [7, 11) is 0. The van der Waals surface area contributed by atoms with Crippen LogP contribution in [0.4, 0.5) is 0 Å². The minimum atomic E-state index is -1.35. The van der Waals surface area contributed by atoms with E-state index in [2.05, 4.69) is 5.32 Å². The highest BCUT2D eigenvalue weighted by atomic mass is 16.4. The molecule has 3 rings (SSSR count). The smallest absolute Gasteiger partial charge is 0.339 e. The molecule has 4 N–H and O–H groups in total. The molecule has 0 heterocycles. The molecule has 2 atom stereocenters. The maximum absolute atomic E-state index is 12.8. The Hall–Kier alpha value is -4.13. The Morgan fingerprint density at radius 3 is 2.12 bits per heavy atom. The molecule has 0 aliphatic rings. The summed E-state index contributed by atoms with van der Waals surface area (Å²) in [5.74, 6) is -3.98. The minimum Gasteiger partial charge on any atom is -0.507 e. The average Bonchev–Trinajstić information content (AvgIpc) is 2.80. The van der Waals surface area contributed by atoms with Crippen molar-refractivity contribution in [2.45, 2.75) is 25.8 Å². The molecule has 0 aliphatic heterocycles. The Kier molecular flexibility index (Phi) is 7.46. The van der Waals surface area contributed by atoms with E-state index in [9.17, 15) is 29.7 Å². The van der Waals surface area contributed by atoms with Gasteiger partial charge in [0.15, 0.2) is 0 Å². The summed E-state index contributed by atoms with van der Waals surface area (Å²) in [5, 5.41) is 31.0. The van der Waals surface area contributed by atoms with Crippen molar-refractivity contribution in [1.29, 1.82) is 0 Å². The number of carboxylic acids is 2. The standard InChI is InChI=1S/C26H25NO6/c1-16(25(30)31)13-21(27-24(29)20-11-12-23(28)22(15-20)26(32)33)14-17-7-9-19(10-8-17)18-5-3-2-4-6-18/h2-12,15-16,21,28H,13-14H2,1H3,(H,27,29)(H,30,31)(H,32,33)/t16-,21+/m1/s1. The number of aromatic carboxylic acids is 1. The first-order valence-electron chi connectivity index (χ1n) is 10.5. The van der Waals surface area contributed by atoms with Crippen LogP contribution >= 0.6 is 0 Å². The first-order valence-corrected chi connectivity index (χ1v) is 10.5. The van der Waals surface area contributed by atoms with Crippen molar-refractivity contribution in [1.82, 2.24) is 5.32 Å². The number of aliphatic carboxylic acids is 1. The molecule has 0 radical (unpaired) electrons. The van der Waals surface area contributed by atoms with E-state index in [1.165, 1.54) is 6.07 Å². The molecule has 0 saturated heterocycles. The molecule has 0 bridgehead atoms. The topological polar surface area (TPSA) is 124 Å². The van der Waals surface area contributed by atoms with Crippen molar-refractivity contribution in [3.8, 4) is 16.9 Å². The van der Waals surface area contributed by atoms with Crippen LogP contribution in [0.3, 0.4) is 0 Å². The summed E-state index contributed by atoms with van der Waals surface area (Å²) >= 11 is 0. The lowest BCUT2D eigenvalue weighted by Crippen LogP contribution is -2.38. The van der Waals surface area contributed by atoms with E-state index in [0.29, 0.717) is 6.42 Å². The maximum atomic E-state index is 12.8. The first-order chi connectivity index (χ1) is 15.7. The zero-order valence-electron chi connectivity index (χ0n) is 18.1. The van der Waals surface area contributed by atoms with Gasteiger partial charge >= 0.3 is 11.9 Å². The molecule has 0 saturated carbocycles. The molecule has 170 valence electrons. The second-order valence-electron chi connectivity index (χ2n) is 7.95. The van der Waals surface area contributed by atoms with Crippen LogP contribution in [0.2, 0.25) is 0 Å². The number of aromatic hydroxyl groups is 1. The molecule has 0 fully saturated rings. The number of carbonyl (C=O) groups excluding carboxylic acids is 1. The Balaban J connectivity index is 1.78. The number of phenols is 1. The second kappa shape index (κ2) is 10.5. The van der Waals surface area contributed by atoms with Gasteiger partial charge in [0, 0.05) is 11.6 Å². The molecule has 3 aromatic rings. The summed E-state index contributed by atoms with van der Waals surface area (Å²) in [4.78, 5) is 35.4. The van der Waals surface area contributed by atoms with Gasteiger partial charge < -0.3 is 20.6 Å². The molecule has 7 nitrogen and oxygen atoms in total. The summed E-state index contributed by atoms with van der Waals surface area (Å²) in [6.07, 6.45) is 0.605. The van der Waals surface area contributed by atoms with E-state index >= 15 is 0 Å². The monoisotopic (exact) mass is 447 g/mol. The third-order valence-electron chi connectivity index (χ3n) is 5.43. The van der Waals surface area contributed by atoms with Crippen LogP contribution < -0.4 is 5.32 Å². The number of nitrogens with one attached hydrogen (secondary N) is 1.